The highest BCUT2D eigenvalue weighted by Gasteiger charge is 2.38. The number of nitrogens with zero attached hydrogens (tertiary/aromatic N) is 1. The predicted octanol–water partition coefficient (Wildman–Crippen LogP) is 6.12. The second kappa shape index (κ2) is 18.0. The molecule has 0 fully saturated rings. The average Bonchev–Trinajstić information content (AvgIpc) is 3.53. The summed E-state index contributed by atoms with van der Waals surface area (Å²) < 4.78 is 31.7. The van der Waals surface area contributed by atoms with Crippen molar-refractivity contribution >= 4 is 40.5 Å². The first kappa shape index (κ1) is 37.6. The number of hydrogen-bond acceptors (Lipinski definition) is 6. The number of carboxylic acids is 2. The van der Waals surface area contributed by atoms with Crippen molar-refractivity contribution in [2.75, 3.05) is 11.9 Å². The lowest BCUT2D eigenvalue weighted by Gasteiger charge is -2.23. The molecule has 2 heterocycles. The van der Waals surface area contributed by atoms with E-state index in [9.17, 15) is 32.7 Å². The molecule has 0 spiro atoms. The number of aromatic amines is 1. The van der Waals surface area contributed by atoms with Crippen molar-refractivity contribution in [2.45, 2.75) is 43.9 Å². The summed E-state index contributed by atoms with van der Waals surface area (Å²) in [5, 5.41) is 26.7. The normalized spacial score (nSPS) is 12.1. The Morgan fingerprint density at radius 1 is 0.804 bits per heavy atom. The standard InChI is InChI=1S/C35H35N5O4.C2HF3O2/c41-33(14-8-20-37-32-13-6-7-19-36-32)39-31(22-28-21-27-11-4-5-12-29(27)38-28)35(44)40-30(23-34(42)43)26-17-15-25(16-18-26)24-9-2-1-3-10-24;3-2(4,5)1(6)7/h1-7,9-13,15-19,21,30-31,38H,8,14,20,22-23H2,(H,36,37)(H,39,41)(H,40,44)(H,42,43);(H,6,7). The lowest BCUT2D eigenvalue weighted by molar-refractivity contribution is -0.192. The molecule has 5 rings (SSSR count). The second-order valence-corrected chi connectivity index (χ2v) is 11.4. The van der Waals surface area contributed by atoms with Gasteiger partial charge in [-0.2, -0.15) is 13.2 Å². The van der Waals surface area contributed by atoms with E-state index in [0.29, 0.717) is 18.5 Å². The van der Waals surface area contributed by atoms with Crippen LogP contribution < -0.4 is 16.0 Å². The summed E-state index contributed by atoms with van der Waals surface area (Å²) in [6.07, 6.45) is -2.74. The number of aromatic nitrogens is 2. The third-order valence-corrected chi connectivity index (χ3v) is 7.57. The van der Waals surface area contributed by atoms with Gasteiger partial charge in [-0.05, 0) is 52.8 Å². The number of fused-ring (bicyclic) bond motifs is 1. The van der Waals surface area contributed by atoms with Crippen LogP contribution >= 0.6 is 0 Å². The van der Waals surface area contributed by atoms with Gasteiger partial charge < -0.3 is 31.1 Å². The van der Waals surface area contributed by atoms with Gasteiger partial charge in [-0.1, -0.05) is 78.9 Å². The van der Waals surface area contributed by atoms with E-state index in [-0.39, 0.29) is 25.2 Å². The van der Waals surface area contributed by atoms with Crippen LogP contribution in [0.1, 0.15) is 36.6 Å². The van der Waals surface area contributed by atoms with Crippen molar-refractivity contribution < 1.29 is 42.6 Å². The maximum atomic E-state index is 13.7. The van der Waals surface area contributed by atoms with E-state index in [1.807, 2.05) is 103 Å². The van der Waals surface area contributed by atoms with Gasteiger partial charge in [0.2, 0.25) is 11.8 Å². The third-order valence-electron chi connectivity index (χ3n) is 7.57. The van der Waals surface area contributed by atoms with Gasteiger partial charge in [-0.25, -0.2) is 9.78 Å². The van der Waals surface area contributed by atoms with E-state index in [1.165, 1.54) is 0 Å². The quantitative estimate of drug-likeness (QED) is 0.0751. The summed E-state index contributed by atoms with van der Waals surface area (Å²) in [5.41, 5.74) is 4.39. The Labute approximate surface area is 290 Å². The minimum absolute atomic E-state index is 0.204. The number of nitrogens with one attached hydrogen (secondary N) is 4. The summed E-state index contributed by atoms with van der Waals surface area (Å²) >= 11 is 0. The first-order valence-corrected chi connectivity index (χ1v) is 15.9. The third kappa shape index (κ3) is 12.0. The van der Waals surface area contributed by atoms with Crippen LogP contribution in [-0.4, -0.2) is 62.7 Å². The Kier molecular flexibility index (Phi) is 13.3. The van der Waals surface area contributed by atoms with Crippen molar-refractivity contribution in [3.05, 3.63) is 121 Å². The molecule has 0 aliphatic carbocycles. The molecule has 2 unspecified atom stereocenters. The highest BCUT2D eigenvalue weighted by molar-refractivity contribution is 5.89. The van der Waals surface area contributed by atoms with Crippen LogP contribution in [0.5, 0.6) is 0 Å². The predicted molar refractivity (Wildman–Crippen MR) is 185 cm³/mol. The van der Waals surface area contributed by atoms with E-state index in [2.05, 4.69) is 25.9 Å². The van der Waals surface area contributed by atoms with Gasteiger partial charge in [0.15, 0.2) is 0 Å². The average molecular weight is 704 g/mol. The highest BCUT2D eigenvalue weighted by Crippen LogP contribution is 2.24. The van der Waals surface area contributed by atoms with Crippen molar-refractivity contribution in [1.82, 2.24) is 20.6 Å². The van der Waals surface area contributed by atoms with Crippen molar-refractivity contribution in [1.29, 1.82) is 0 Å². The molecule has 266 valence electrons. The maximum Gasteiger partial charge on any atom is 0.490 e. The van der Waals surface area contributed by atoms with Gasteiger partial charge in [0.05, 0.1) is 12.5 Å². The van der Waals surface area contributed by atoms with Crippen LogP contribution in [0.3, 0.4) is 0 Å². The fourth-order valence-corrected chi connectivity index (χ4v) is 5.11. The van der Waals surface area contributed by atoms with Crippen LogP contribution in [-0.2, 0) is 25.6 Å². The van der Waals surface area contributed by atoms with Crippen LogP contribution in [0.15, 0.2) is 109 Å². The van der Waals surface area contributed by atoms with Crippen LogP contribution in [0, 0.1) is 0 Å². The zero-order valence-electron chi connectivity index (χ0n) is 27.2. The summed E-state index contributed by atoms with van der Waals surface area (Å²) in [6.45, 7) is 0.545. The molecule has 2 aromatic heterocycles. The maximum absolute atomic E-state index is 13.7. The van der Waals surface area contributed by atoms with E-state index in [4.69, 9.17) is 9.90 Å². The Morgan fingerprint density at radius 3 is 2.08 bits per heavy atom. The Bertz CT molecular complexity index is 1870. The van der Waals surface area contributed by atoms with Gasteiger partial charge in [0.1, 0.15) is 11.9 Å². The van der Waals surface area contributed by atoms with Crippen LogP contribution in [0.4, 0.5) is 19.0 Å². The smallest absolute Gasteiger partial charge is 0.481 e. The SMILES string of the molecule is O=C(O)C(F)(F)F.O=C(O)CC(NC(=O)C(Cc1cc2ccccc2[nH]1)NC(=O)CCCNc1ccccn1)c1ccc(-c2ccccc2)cc1. The van der Waals surface area contributed by atoms with Crippen molar-refractivity contribution in [3.8, 4) is 11.1 Å². The summed E-state index contributed by atoms with van der Waals surface area (Å²) in [7, 11) is 0. The Morgan fingerprint density at radius 2 is 1.45 bits per heavy atom. The molecule has 3 aromatic carbocycles. The molecular formula is C37H36F3N5O6. The number of pyridine rings is 1. The van der Waals surface area contributed by atoms with E-state index < -0.39 is 36.1 Å². The molecule has 2 amide bonds. The first-order valence-electron chi connectivity index (χ1n) is 15.9. The molecule has 2 atom stereocenters. The van der Waals surface area contributed by atoms with Crippen molar-refractivity contribution in [3.63, 3.8) is 0 Å². The number of carbonyl (C=O) groups is 4. The molecule has 6 N–H and O–H groups in total. The van der Waals surface area contributed by atoms with E-state index in [0.717, 1.165) is 33.5 Å². The lowest BCUT2D eigenvalue weighted by atomic mass is 9.98. The first-order chi connectivity index (χ1) is 24.4. The second-order valence-electron chi connectivity index (χ2n) is 11.4. The van der Waals surface area contributed by atoms with Gasteiger partial charge >= 0.3 is 18.1 Å². The molecule has 0 aliphatic rings. The summed E-state index contributed by atoms with van der Waals surface area (Å²) in [4.78, 5) is 54.9. The number of rotatable bonds is 14. The number of alkyl halides is 3. The number of carboxylic acid groups (broad SMARTS) is 2. The number of hydrogen-bond donors (Lipinski definition) is 6. The van der Waals surface area contributed by atoms with Gasteiger partial charge in [-0.3, -0.25) is 14.4 Å². The molecule has 0 bridgehead atoms. The number of para-hydroxylation sites is 1. The molecule has 51 heavy (non-hydrogen) atoms. The fraction of sp³-hybridized carbons (Fsp3) is 0.216. The number of carbonyl (C=O) groups excluding carboxylic acids is 2. The van der Waals surface area contributed by atoms with Crippen molar-refractivity contribution in [2.24, 2.45) is 0 Å². The number of benzene rings is 3. The van der Waals surface area contributed by atoms with Gasteiger partial charge in [0.25, 0.3) is 0 Å². The molecule has 14 heteroatoms. The fourth-order valence-electron chi connectivity index (χ4n) is 5.11. The van der Waals surface area contributed by atoms with E-state index >= 15 is 0 Å². The number of H-pyrrole nitrogens is 1. The number of halogens is 3. The summed E-state index contributed by atoms with van der Waals surface area (Å²) in [6, 6.07) is 30.9. The molecule has 11 nitrogen and oxygen atoms in total. The number of aliphatic carboxylic acids is 2. The molecular weight excluding hydrogens is 667 g/mol. The Balaban J connectivity index is 0.000000755. The molecule has 0 saturated heterocycles. The van der Waals surface area contributed by atoms with Crippen LogP contribution in [0.2, 0.25) is 0 Å². The minimum atomic E-state index is -5.08. The molecule has 5 aromatic rings. The van der Waals surface area contributed by atoms with Gasteiger partial charge in [-0.15, -0.1) is 0 Å². The number of anilines is 1. The van der Waals surface area contributed by atoms with Crippen LogP contribution in [0.25, 0.3) is 22.0 Å². The summed E-state index contributed by atoms with van der Waals surface area (Å²) in [5.74, 6) is -3.80. The largest absolute Gasteiger partial charge is 0.490 e. The molecule has 0 radical (unpaired) electrons. The number of amides is 2. The topological polar surface area (TPSA) is 174 Å². The lowest BCUT2D eigenvalue weighted by Crippen LogP contribution is -2.49. The zero-order chi connectivity index (χ0) is 36.8. The Hall–Kier alpha value is -6.18. The zero-order valence-corrected chi connectivity index (χ0v) is 27.2. The van der Waals surface area contributed by atoms with Gasteiger partial charge in [0, 0.05) is 36.8 Å². The van der Waals surface area contributed by atoms with E-state index in [1.54, 1.807) is 6.20 Å². The highest BCUT2D eigenvalue weighted by atomic mass is 19.4. The molecule has 0 aliphatic heterocycles. The monoisotopic (exact) mass is 703 g/mol. The minimum Gasteiger partial charge on any atom is -0.481 e. The molecule has 0 saturated carbocycles.